The van der Waals surface area contributed by atoms with E-state index >= 15 is 4.39 Å². The van der Waals surface area contributed by atoms with Crippen LogP contribution in [0.15, 0.2) is 85.5 Å². The van der Waals surface area contributed by atoms with Gasteiger partial charge in [-0.1, -0.05) is 30.4 Å². The van der Waals surface area contributed by atoms with Crippen LogP contribution in [0.5, 0.6) is 0 Å². The Kier molecular flexibility index (Phi) is 13.0. The number of phosphoric acid groups is 1. The Morgan fingerprint density at radius 1 is 1.11 bits per heavy atom. The van der Waals surface area contributed by atoms with E-state index in [2.05, 4.69) is 14.6 Å². The summed E-state index contributed by atoms with van der Waals surface area (Å²) < 4.78 is 94.0. The molecule has 1 saturated heterocycles. The van der Waals surface area contributed by atoms with Gasteiger partial charge in [-0.3, -0.25) is 4.52 Å². The number of halogens is 4. The molecule has 53 heavy (non-hydrogen) atoms. The van der Waals surface area contributed by atoms with Crippen LogP contribution in [0, 0.1) is 34.6 Å². The van der Waals surface area contributed by atoms with Crippen LogP contribution < -0.4 is 0 Å². The summed E-state index contributed by atoms with van der Waals surface area (Å²) in [5.41, 5.74) is -2.76. The Hall–Kier alpha value is -4.66. The molecule has 0 radical (unpaired) electrons. The maximum Gasteiger partial charge on any atom is 0.469 e. The van der Waals surface area contributed by atoms with Crippen molar-refractivity contribution in [1.82, 2.24) is 14.8 Å². The first-order valence-corrected chi connectivity index (χ1v) is 18.2. The van der Waals surface area contributed by atoms with E-state index in [4.69, 9.17) is 19.5 Å². The van der Waals surface area contributed by atoms with Gasteiger partial charge in [0.1, 0.15) is 35.9 Å². The quantitative estimate of drug-likeness (QED) is 0.0646. The Balaban J connectivity index is 1.39. The fourth-order valence-electron chi connectivity index (χ4n) is 5.39. The molecule has 2 N–H and O–H groups in total. The fourth-order valence-corrected chi connectivity index (χ4v) is 7.05. The average Bonchev–Trinajstić information content (AvgIpc) is 3.63. The van der Waals surface area contributed by atoms with Crippen molar-refractivity contribution in [2.45, 2.75) is 42.5 Å². The Bertz CT molecular complexity index is 2070. The maximum absolute atomic E-state index is 15.8. The molecular weight excluding hydrogens is 743 g/mol. The zero-order chi connectivity index (χ0) is 38.2. The molecule has 4 aromatic rings. The van der Waals surface area contributed by atoms with E-state index in [1.54, 1.807) is 25.2 Å². The predicted molar refractivity (Wildman–Crippen MR) is 183 cm³/mol. The van der Waals surface area contributed by atoms with Crippen molar-refractivity contribution < 1.29 is 55.4 Å². The molecule has 5 rings (SSSR count). The summed E-state index contributed by atoms with van der Waals surface area (Å²) in [6, 6.07) is 12.0. The smallest absolute Gasteiger partial charge is 0.447 e. The standard InChI is InChI=1S/C35H31F4N4O8PS/c1-22(53-26-16-48-33(49-17-26)8-3-2-5-24-10-9-23(15-40)13-31(24)38)35(19-43-21-41-20-42-43,29-12-11-25(36)14-32(29)39)51-34(44)27-6-4-7-30(37)28(27)18-50-52(45,46)47/h2-14,20-22,26,33H,16-19H2,1H3,(H2,45,46,47)/t22-,26-,33-,35-/m1/s1. The molecule has 0 amide bonds. The number of carbonyl (C=O) groups excluding carboxylic acids is 1. The molecule has 2 atom stereocenters. The van der Waals surface area contributed by atoms with E-state index in [1.807, 2.05) is 6.07 Å². The summed E-state index contributed by atoms with van der Waals surface area (Å²) in [5, 5.41) is 11.7. The summed E-state index contributed by atoms with van der Waals surface area (Å²) in [7, 11) is -5.09. The second-order valence-electron chi connectivity index (χ2n) is 11.6. The SMILES string of the molecule is C[C@@H](S[C@H]1CO[C@H](C=CC=Cc2ccc(C#N)cc2F)OC1)[C@@](Cn1cncn1)(OC(=O)c1cccc(F)c1COP(=O)(O)O)c1ccc(F)cc1F. The third-order valence-electron chi connectivity index (χ3n) is 7.97. The lowest BCUT2D eigenvalue weighted by Gasteiger charge is -2.40. The molecule has 1 aliphatic rings. The van der Waals surface area contributed by atoms with Gasteiger partial charge in [0.25, 0.3) is 0 Å². The number of phosphoric ester groups is 1. The van der Waals surface area contributed by atoms with E-state index in [-0.39, 0.29) is 36.4 Å². The highest BCUT2D eigenvalue weighted by Gasteiger charge is 2.47. The summed E-state index contributed by atoms with van der Waals surface area (Å²) in [5.74, 6) is -4.75. The van der Waals surface area contributed by atoms with Gasteiger partial charge < -0.3 is 24.0 Å². The largest absolute Gasteiger partial charge is 0.469 e. The molecule has 3 aromatic carbocycles. The molecule has 12 nitrogen and oxygen atoms in total. The predicted octanol–water partition coefficient (Wildman–Crippen LogP) is 6.20. The zero-order valence-electron chi connectivity index (χ0n) is 27.7. The Morgan fingerprint density at radius 2 is 1.89 bits per heavy atom. The van der Waals surface area contributed by atoms with Gasteiger partial charge in [0.2, 0.25) is 0 Å². The van der Waals surface area contributed by atoms with Crippen molar-refractivity contribution in [2.24, 2.45) is 0 Å². The highest BCUT2D eigenvalue weighted by atomic mass is 32.2. The van der Waals surface area contributed by atoms with Crippen LogP contribution >= 0.6 is 19.6 Å². The van der Waals surface area contributed by atoms with Gasteiger partial charge in [-0.2, -0.15) is 10.4 Å². The molecule has 1 fully saturated rings. The molecule has 0 bridgehead atoms. The van der Waals surface area contributed by atoms with Crippen LogP contribution in [0.3, 0.4) is 0 Å². The van der Waals surface area contributed by atoms with Crippen LogP contribution in [0.25, 0.3) is 6.08 Å². The molecule has 1 aliphatic heterocycles. The van der Waals surface area contributed by atoms with E-state index in [0.717, 1.165) is 30.3 Å². The molecular formula is C35H31F4N4O8PS. The fraction of sp³-hybridized carbons (Fsp3) is 0.257. The van der Waals surface area contributed by atoms with Crippen LogP contribution in [-0.4, -0.2) is 60.5 Å². The number of nitriles is 1. The molecule has 0 unspecified atom stereocenters. The van der Waals surface area contributed by atoms with Crippen molar-refractivity contribution >= 4 is 31.6 Å². The first kappa shape index (κ1) is 39.5. The number of aromatic nitrogens is 3. The molecule has 1 aromatic heterocycles. The second kappa shape index (κ2) is 17.4. The van der Waals surface area contributed by atoms with Gasteiger partial charge in [-0.25, -0.2) is 36.6 Å². The van der Waals surface area contributed by atoms with Gasteiger partial charge >= 0.3 is 13.8 Å². The molecule has 0 aliphatic carbocycles. The average molecular weight is 775 g/mol. The number of benzene rings is 3. The summed E-state index contributed by atoms with van der Waals surface area (Å²) in [6.45, 7) is 0.502. The number of allylic oxidation sites excluding steroid dienone is 2. The van der Waals surface area contributed by atoms with Gasteiger partial charge in [-0.15, -0.1) is 11.8 Å². The summed E-state index contributed by atoms with van der Waals surface area (Å²) in [4.78, 5) is 36.3. The number of thioether (sulfide) groups is 1. The molecule has 18 heteroatoms. The van der Waals surface area contributed by atoms with E-state index in [0.29, 0.717) is 6.07 Å². The highest BCUT2D eigenvalue weighted by Crippen LogP contribution is 2.43. The number of hydrogen-bond acceptors (Lipinski definition) is 10. The van der Waals surface area contributed by atoms with E-state index < -0.39 is 77.2 Å². The number of hydrogen-bond donors (Lipinski definition) is 2. The monoisotopic (exact) mass is 774 g/mol. The van der Waals surface area contributed by atoms with Crippen molar-refractivity contribution in [3.05, 3.63) is 137 Å². The third kappa shape index (κ3) is 10.3. The summed E-state index contributed by atoms with van der Waals surface area (Å²) >= 11 is 1.19. The Morgan fingerprint density at radius 3 is 2.55 bits per heavy atom. The molecule has 2 heterocycles. The van der Waals surface area contributed by atoms with Crippen molar-refractivity contribution in [2.75, 3.05) is 13.2 Å². The topological polar surface area (TPSA) is 166 Å². The molecule has 278 valence electrons. The van der Waals surface area contributed by atoms with Gasteiger partial charge in [0, 0.05) is 28.0 Å². The lowest BCUT2D eigenvalue weighted by atomic mass is 9.89. The number of esters is 1. The van der Waals surface area contributed by atoms with E-state index in [9.17, 15) is 32.3 Å². The van der Waals surface area contributed by atoms with Crippen molar-refractivity contribution in [3.8, 4) is 6.07 Å². The van der Waals surface area contributed by atoms with E-state index in [1.165, 1.54) is 53.4 Å². The lowest BCUT2D eigenvalue weighted by molar-refractivity contribution is -0.146. The number of rotatable bonds is 14. The van der Waals surface area contributed by atoms with Crippen LogP contribution in [0.4, 0.5) is 17.6 Å². The van der Waals surface area contributed by atoms with Crippen LogP contribution in [0.2, 0.25) is 0 Å². The number of ether oxygens (including phenoxy) is 3. The van der Waals surface area contributed by atoms with Crippen LogP contribution in [-0.2, 0) is 42.1 Å². The first-order valence-electron chi connectivity index (χ1n) is 15.7. The second-order valence-corrected chi connectivity index (χ2v) is 14.4. The number of carbonyl (C=O) groups is 1. The van der Waals surface area contributed by atoms with Gasteiger partial charge in [0.15, 0.2) is 11.9 Å². The van der Waals surface area contributed by atoms with Gasteiger partial charge in [-0.05, 0) is 49.4 Å². The Labute approximate surface area is 304 Å². The third-order valence-corrected chi connectivity index (χ3v) is 9.88. The first-order chi connectivity index (χ1) is 25.3. The van der Waals surface area contributed by atoms with Crippen LogP contribution in [0.1, 0.15) is 39.5 Å². The summed E-state index contributed by atoms with van der Waals surface area (Å²) in [6.07, 6.45) is 8.00. The maximum atomic E-state index is 15.8. The van der Waals surface area contributed by atoms with Crippen molar-refractivity contribution in [3.63, 3.8) is 0 Å². The lowest BCUT2D eigenvalue weighted by Crippen LogP contribution is -2.47. The minimum absolute atomic E-state index is 0.116. The van der Waals surface area contributed by atoms with Gasteiger partial charge in [0.05, 0.1) is 48.8 Å². The molecule has 0 spiro atoms. The van der Waals surface area contributed by atoms with Crippen molar-refractivity contribution in [1.29, 1.82) is 5.26 Å². The minimum atomic E-state index is -5.09. The molecule has 0 saturated carbocycles. The number of nitrogens with zero attached hydrogens (tertiary/aromatic N) is 4. The zero-order valence-corrected chi connectivity index (χ0v) is 29.4. The highest BCUT2D eigenvalue weighted by molar-refractivity contribution is 8.00. The normalized spacial score (nSPS) is 18.2. The minimum Gasteiger partial charge on any atom is -0.447 e.